The van der Waals surface area contributed by atoms with Crippen molar-refractivity contribution >= 4 is 11.8 Å². The van der Waals surface area contributed by atoms with Crippen molar-refractivity contribution in [3.05, 3.63) is 65.2 Å². The number of carbonyl (C=O) groups is 2. The number of fused-ring (bicyclic) bond motifs is 1. The van der Waals surface area contributed by atoms with E-state index in [0.717, 1.165) is 16.9 Å². The number of carbonyl (C=O) groups excluding carboxylic acids is 2. The molecular formula is C19H20N2O3. The van der Waals surface area contributed by atoms with Crippen LogP contribution in [0.5, 0.6) is 5.75 Å². The third kappa shape index (κ3) is 3.56. The molecule has 0 radical (unpaired) electrons. The Morgan fingerprint density at radius 3 is 2.71 bits per heavy atom. The first-order chi connectivity index (χ1) is 11.6. The summed E-state index contributed by atoms with van der Waals surface area (Å²) in [5.41, 5.74) is 2.58. The number of rotatable bonds is 5. The third-order valence-electron chi connectivity index (χ3n) is 4.01. The first-order valence-corrected chi connectivity index (χ1v) is 7.99. The predicted molar refractivity (Wildman–Crippen MR) is 91.2 cm³/mol. The number of hydrogen-bond acceptors (Lipinski definition) is 3. The minimum atomic E-state index is -0.284. The van der Waals surface area contributed by atoms with Gasteiger partial charge in [0.1, 0.15) is 18.3 Å². The highest BCUT2D eigenvalue weighted by molar-refractivity contribution is 5.94. The van der Waals surface area contributed by atoms with Gasteiger partial charge in [-0.2, -0.15) is 0 Å². The largest absolute Gasteiger partial charge is 0.492 e. The first kappa shape index (κ1) is 16.1. The zero-order chi connectivity index (χ0) is 16.9. The van der Waals surface area contributed by atoms with E-state index in [-0.39, 0.29) is 17.7 Å². The van der Waals surface area contributed by atoms with Crippen LogP contribution in [0.4, 0.5) is 0 Å². The van der Waals surface area contributed by atoms with Crippen LogP contribution in [0.25, 0.3) is 0 Å². The SMILES string of the molecule is Cc1cccc(C(=O)NCCNC(=O)[C@H]2COc3ccccc32)c1. The lowest BCUT2D eigenvalue weighted by atomic mass is 10.0. The van der Waals surface area contributed by atoms with Gasteiger partial charge in [0.25, 0.3) is 5.91 Å². The fourth-order valence-electron chi connectivity index (χ4n) is 2.75. The summed E-state index contributed by atoms with van der Waals surface area (Å²) in [4.78, 5) is 24.3. The molecule has 1 aliphatic rings. The maximum atomic E-state index is 12.3. The number of benzene rings is 2. The van der Waals surface area contributed by atoms with Crippen molar-refractivity contribution in [2.75, 3.05) is 19.7 Å². The van der Waals surface area contributed by atoms with Crippen LogP contribution in [-0.2, 0) is 4.79 Å². The quantitative estimate of drug-likeness (QED) is 0.827. The van der Waals surface area contributed by atoms with Gasteiger partial charge in [-0.1, -0.05) is 35.9 Å². The van der Waals surface area contributed by atoms with E-state index in [0.29, 0.717) is 25.3 Å². The lowest BCUT2D eigenvalue weighted by Crippen LogP contribution is -2.37. The summed E-state index contributed by atoms with van der Waals surface area (Å²) in [6.45, 7) is 3.07. The molecule has 1 aliphatic heterocycles. The number of amides is 2. The fraction of sp³-hybridized carbons (Fsp3) is 0.263. The van der Waals surface area contributed by atoms with Crippen LogP contribution in [0, 0.1) is 6.92 Å². The number of nitrogens with one attached hydrogen (secondary N) is 2. The minimum Gasteiger partial charge on any atom is -0.492 e. The van der Waals surface area contributed by atoms with Gasteiger partial charge in [-0.05, 0) is 25.1 Å². The molecule has 3 rings (SSSR count). The van der Waals surface area contributed by atoms with Crippen molar-refractivity contribution in [3.63, 3.8) is 0 Å². The summed E-state index contributed by atoms with van der Waals surface area (Å²) < 4.78 is 5.52. The van der Waals surface area contributed by atoms with Crippen LogP contribution >= 0.6 is 0 Å². The van der Waals surface area contributed by atoms with Gasteiger partial charge < -0.3 is 15.4 Å². The molecule has 2 aromatic carbocycles. The van der Waals surface area contributed by atoms with E-state index < -0.39 is 0 Å². The summed E-state index contributed by atoms with van der Waals surface area (Å²) in [7, 11) is 0. The van der Waals surface area contributed by atoms with Gasteiger partial charge in [-0.15, -0.1) is 0 Å². The monoisotopic (exact) mass is 324 g/mol. The highest BCUT2D eigenvalue weighted by Crippen LogP contribution is 2.33. The molecule has 2 aromatic rings. The van der Waals surface area contributed by atoms with Gasteiger partial charge >= 0.3 is 0 Å². The minimum absolute atomic E-state index is 0.0789. The number of para-hydroxylation sites is 1. The highest BCUT2D eigenvalue weighted by Gasteiger charge is 2.29. The topological polar surface area (TPSA) is 67.4 Å². The standard InChI is InChI=1S/C19H20N2O3/c1-13-5-4-6-14(11-13)18(22)20-9-10-21-19(23)16-12-24-17-8-3-2-7-15(16)17/h2-8,11,16H,9-10,12H2,1H3,(H,20,22)(H,21,23)/t16-/m0/s1. The van der Waals surface area contributed by atoms with Crippen molar-refractivity contribution in [2.45, 2.75) is 12.8 Å². The van der Waals surface area contributed by atoms with E-state index in [1.165, 1.54) is 0 Å². The van der Waals surface area contributed by atoms with Crippen molar-refractivity contribution in [3.8, 4) is 5.75 Å². The Morgan fingerprint density at radius 1 is 1.08 bits per heavy atom. The molecule has 1 atom stereocenters. The van der Waals surface area contributed by atoms with Gasteiger partial charge in [0, 0.05) is 24.2 Å². The molecule has 1 heterocycles. The van der Waals surface area contributed by atoms with Gasteiger partial charge in [0.05, 0.1) is 0 Å². The van der Waals surface area contributed by atoms with Crippen LogP contribution in [0.1, 0.15) is 27.4 Å². The molecule has 5 nitrogen and oxygen atoms in total. The smallest absolute Gasteiger partial charge is 0.251 e. The van der Waals surface area contributed by atoms with Crippen molar-refractivity contribution < 1.29 is 14.3 Å². The second kappa shape index (κ2) is 7.17. The lowest BCUT2D eigenvalue weighted by molar-refractivity contribution is -0.122. The summed E-state index contributed by atoms with van der Waals surface area (Å²) in [5.74, 6) is 0.270. The molecule has 2 amide bonds. The lowest BCUT2D eigenvalue weighted by Gasteiger charge is -2.11. The van der Waals surface area contributed by atoms with Crippen molar-refractivity contribution in [1.82, 2.24) is 10.6 Å². The predicted octanol–water partition coefficient (Wildman–Crippen LogP) is 2.02. The summed E-state index contributed by atoms with van der Waals surface area (Å²) in [5, 5.41) is 5.66. The average molecular weight is 324 g/mol. The average Bonchev–Trinajstić information content (AvgIpc) is 3.02. The van der Waals surface area contributed by atoms with Crippen LogP contribution in [-0.4, -0.2) is 31.5 Å². The maximum Gasteiger partial charge on any atom is 0.251 e. The summed E-state index contributed by atoms with van der Waals surface area (Å²) in [6, 6.07) is 15.0. The second-order valence-electron chi connectivity index (χ2n) is 5.82. The van der Waals surface area contributed by atoms with Gasteiger partial charge in [0.15, 0.2) is 0 Å². The molecular weight excluding hydrogens is 304 g/mol. The molecule has 0 aromatic heterocycles. The molecule has 0 bridgehead atoms. The third-order valence-corrected chi connectivity index (χ3v) is 4.01. The first-order valence-electron chi connectivity index (χ1n) is 7.99. The number of hydrogen-bond donors (Lipinski definition) is 2. The zero-order valence-corrected chi connectivity index (χ0v) is 13.5. The van der Waals surface area contributed by atoms with E-state index in [4.69, 9.17) is 4.74 Å². The van der Waals surface area contributed by atoms with Gasteiger partial charge in [-0.25, -0.2) is 0 Å². The van der Waals surface area contributed by atoms with Crippen molar-refractivity contribution in [1.29, 1.82) is 0 Å². The molecule has 24 heavy (non-hydrogen) atoms. The molecule has 2 N–H and O–H groups in total. The van der Waals surface area contributed by atoms with Crippen molar-refractivity contribution in [2.24, 2.45) is 0 Å². The molecule has 0 saturated carbocycles. The van der Waals surface area contributed by atoms with Crippen LogP contribution in [0.3, 0.4) is 0 Å². The summed E-state index contributed by atoms with van der Waals surface area (Å²) in [6.07, 6.45) is 0. The summed E-state index contributed by atoms with van der Waals surface area (Å²) >= 11 is 0. The van der Waals surface area contributed by atoms with Gasteiger partial charge in [-0.3, -0.25) is 9.59 Å². The van der Waals surface area contributed by atoms with E-state index in [1.807, 2.05) is 49.4 Å². The van der Waals surface area contributed by atoms with E-state index >= 15 is 0 Å². The number of aryl methyl sites for hydroxylation is 1. The van der Waals surface area contributed by atoms with Crippen LogP contribution in [0.2, 0.25) is 0 Å². The maximum absolute atomic E-state index is 12.3. The Labute approximate surface area is 141 Å². The Kier molecular flexibility index (Phi) is 4.79. The van der Waals surface area contributed by atoms with E-state index in [1.54, 1.807) is 6.07 Å². The normalized spacial score (nSPS) is 15.3. The van der Waals surface area contributed by atoms with E-state index in [9.17, 15) is 9.59 Å². The second-order valence-corrected chi connectivity index (χ2v) is 5.82. The van der Waals surface area contributed by atoms with Gasteiger partial charge in [0.2, 0.25) is 5.91 Å². The Bertz CT molecular complexity index is 758. The number of ether oxygens (including phenoxy) is 1. The molecule has 124 valence electrons. The molecule has 0 spiro atoms. The Balaban J connectivity index is 1.46. The molecule has 0 aliphatic carbocycles. The van der Waals surface area contributed by atoms with E-state index in [2.05, 4.69) is 10.6 Å². The molecule has 0 fully saturated rings. The fourth-order valence-corrected chi connectivity index (χ4v) is 2.75. The zero-order valence-electron chi connectivity index (χ0n) is 13.5. The van der Waals surface area contributed by atoms with Crippen LogP contribution < -0.4 is 15.4 Å². The Morgan fingerprint density at radius 2 is 1.88 bits per heavy atom. The molecule has 5 heteroatoms. The molecule has 0 saturated heterocycles. The highest BCUT2D eigenvalue weighted by atomic mass is 16.5. The molecule has 0 unspecified atom stereocenters. The Hall–Kier alpha value is -2.82. The van der Waals surface area contributed by atoms with Crippen LogP contribution in [0.15, 0.2) is 48.5 Å².